The molecule has 0 aliphatic heterocycles. The highest BCUT2D eigenvalue weighted by Gasteiger charge is 2.13. The molecule has 0 heterocycles. The van der Waals surface area contributed by atoms with Crippen molar-refractivity contribution < 1.29 is 4.79 Å². The first-order chi connectivity index (χ1) is 9.88. The van der Waals surface area contributed by atoms with E-state index in [4.69, 9.17) is 34.8 Å². The second-order valence-electron chi connectivity index (χ2n) is 4.54. The summed E-state index contributed by atoms with van der Waals surface area (Å²) in [7, 11) is 1.73. The van der Waals surface area contributed by atoms with Gasteiger partial charge in [-0.2, -0.15) is 0 Å². The van der Waals surface area contributed by atoms with Gasteiger partial charge in [-0.15, -0.1) is 0 Å². The van der Waals surface area contributed by atoms with Crippen LogP contribution in [0.25, 0.3) is 0 Å². The first-order valence-electron chi connectivity index (χ1n) is 6.03. The van der Waals surface area contributed by atoms with Crippen LogP contribution in [0.2, 0.25) is 15.1 Å². The van der Waals surface area contributed by atoms with Gasteiger partial charge in [-0.25, -0.2) is 0 Å². The summed E-state index contributed by atoms with van der Waals surface area (Å²) in [5.74, 6) is -0.0978. The van der Waals surface area contributed by atoms with E-state index < -0.39 is 0 Å². The van der Waals surface area contributed by atoms with Crippen molar-refractivity contribution in [3.8, 4) is 0 Å². The Bertz CT molecular complexity index is 691. The van der Waals surface area contributed by atoms with Crippen LogP contribution in [0.15, 0.2) is 36.4 Å². The van der Waals surface area contributed by atoms with E-state index in [-0.39, 0.29) is 5.91 Å². The number of hydrogen-bond acceptors (Lipinski definition) is 1. The van der Waals surface area contributed by atoms with Crippen molar-refractivity contribution in [3.63, 3.8) is 0 Å². The molecule has 0 unspecified atom stereocenters. The number of rotatable bonds is 3. The van der Waals surface area contributed by atoms with Crippen LogP contribution in [-0.2, 0) is 6.54 Å². The van der Waals surface area contributed by atoms with Gasteiger partial charge in [0.2, 0.25) is 0 Å². The lowest BCUT2D eigenvalue weighted by Gasteiger charge is -2.18. The van der Waals surface area contributed by atoms with Crippen LogP contribution in [0.3, 0.4) is 0 Å². The molecule has 0 spiro atoms. The summed E-state index contributed by atoms with van der Waals surface area (Å²) in [5, 5.41) is 1.55. The number of amides is 1. The maximum absolute atomic E-state index is 12.4. The van der Waals surface area contributed by atoms with Gasteiger partial charge in [0.15, 0.2) is 0 Å². The summed E-state index contributed by atoms with van der Waals surface area (Å²) in [6.45, 7) is 0.444. The summed E-state index contributed by atoms with van der Waals surface area (Å²) in [4.78, 5) is 14.0. The Kier molecular flexibility index (Phi) is 5.77. The number of nitrogens with zero attached hydrogens (tertiary/aromatic N) is 1. The Morgan fingerprint density at radius 1 is 1.05 bits per heavy atom. The predicted molar refractivity (Wildman–Crippen MR) is 96.4 cm³/mol. The summed E-state index contributed by atoms with van der Waals surface area (Å²) in [6.07, 6.45) is 0. The maximum Gasteiger partial charge on any atom is 0.253 e. The zero-order valence-electron chi connectivity index (χ0n) is 11.0. The van der Waals surface area contributed by atoms with Crippen molar-refractivity contribution in [2.45, 2.75) is 6.54 Å². The lowest BCUT2D eigenvalue weighted by molar-refractivity contribution is 0.0785. The van der Waals surface area contributed by atoms with Crippen molar-refractivity contribution in [1.29, 1.82) is 0 Å². The molecule has 0 aliphatic carbocycles. The van der Waals surface area contributed by atoms with Crippen LogP contribution < -0.4 is 0 Å². The number of halogens is 4. The van der Waals surface area contributed by atoms with Crippen LogP contribution >= 0.6 is 57.4 Å². The van der Waals surface area contributed by atoms with Gasteiger partial charge in [0.1, 0.15) is 0 Å². The highest BCUT2D eigenvalue weighted by Crippen LogP contribution is 2.24. The Labute approximate surface area is 152 Å². The minimum Gasteiger partial charge on any atom is -0.337 e. The molecular weight excluding hydrogens is 443 g/mol. The second kappa shape index (κ2) is 7.18. The van der Waals surface area contributed by atoms with E-state index in [1.54, 1.807) is 36.2 Å². The fraction of sp³-hybridized carbons (Fsp3) is 0.133. The average Bonchev–Trinajstić information content (AvgIpc) is 2.45. The molecule has 0 bridgehead atoms. The van der Waals surface area contributed by atoms with E-state index >= 15 is 0 Å². The van der Waals surface area contributed by atoms with E-state index in [9.17, 15) is 4.79 Å². The minimum absolute atomic E-state index is 0.0978. The fourth-order valence-electron chi connectivity index (χ4n) is 1.83. The molecule has 2 rings (SSSR count). The highest BCUT2D eigenvalue weighted by molar-refractivity contribution is 14.1. The van der Waals surface area contributed by atoms with Crippen LogP contribution in [0.4, 0.5) is 0 Å². The molecule has 2 aromatic carbocycles. The largest absolute Gasteiger partial charge is 0.337 e. The number of benzene rings is 2. The van der Waals surface area contributed by atoms with Crippen LogP contribution in [-0.4, -0.2) is 17.9 Å². The smallest absolute Gasteiger partial charge is 0.253 e. The van der Waals surface area contributed by atoms with Gasteiger partial charge >= 0.3 is 0 Å². The molecule has 21 heavy (non-hydrogen) atoms. The van der Waals surface area contributed by atoms with Gasteiger partial charge in [0.05, 0.1) is 15.1 Å². The molecule has 0 atom stereocenters. The van der Waals surface area contributed by atoms with Crippen molar-refractivity contribution in [2.75, 3.05) is 7.05 Å². The molecule has 1 amide bonds. The number of carbonyl (C=O) groups is 1. The van der Waals surface area contributed by atoms with Crippen molar-refractivity contribution in [3.05, 3.63) is 66.2 Å². The van der Waals surface area contributed by atoms with Gasteiger partial charge in [-0.1, -0.05) is 40.9 Å². The van der Waals surface area contributed by atoms with Gasteiger partial charge in [-0.05, 0) is 58.5 Å². The van der Waals surface area contributed by atoms with Crippen molar-refractivity contribution >= 4 is 63.3 Å². The zero-order valence-corrected chi connectivity index (χ0v) is 15.5. The third-order valence-electron chi connectivity index (χ3n) is 2.92. The summed E-state index contributed by atoms with van der Waals surface area (Å²) >= 11 is 20.0. The number of hydrogen-bond donors (Lipinski definition) is 0. The maximum atomic E-state index is 12.4. The molecule has 6 heteroatoms. The first-order valence-corrected chi connectivity index (χ1v) is 8.24. The van der Waals surface area contributed by atoms with E-state index in [2.05, 4.69) is 22.6 Å². The summed E-state index contributed by atoms with van der Waals surface area (Å²) < 4.78 is 0.915. The second-order valence-corrected chi connectivity index (χ2v) is 6.92. The Balaban J connectivity index is 2.15. The molecule has 0 saturated heterocycles. The topological polar surface area (TPSA) is 20.3 Å². The van der Waals surface area contributed by atoms with E-state index in [0.717, 1.165) is 9.13 Å². The SMILES string of the molecule is CN(Cc1ccc(Cl)c(Cl)c1)C(=O)c1ccc(I)c(Cl)c1. The lowest BCUT2D eigenvalue weighted by Crippen LogP contribution is -2.26. The minimum atomic E-state index is -0.0978. The normalized spacial score (nSPS) is 10.5. The third kappa shape index (κ3) is 4.25. The van der Waals surface area contributed by atoms with Crippen LogP contribution in [0.5, 0.6) is 0 Å². The number of carbonyl (C=O) groups excluding carboxylic acids is 1. The summed E-state index contributed by atoms with van der Waals surface area (Å²) in [5.41, 5.74) is 1.47. The standard InChI is InChI=1S/C15H11Cl3INO/c1-20(8-9-2-4-11(16)12(17)6-9)15(21)10-3-5-14(19)13(18)7-10/h2-7H,8H2,1H3. The van der Waals surface area contributed by atoms with Gasteiger partial charge < -0.3 is 4.90 Å². The average molecular weight is 455 g/mol. The third-order valence-corrected chi connectivity index (χ3v) is 5.23. The van der Waals surface area contributed by atoms with Crippen LogP contribution in [0.1, 0.15) is 15.9 Å². The quantitative estimate of drug-likeness (QED) is 0.559. The molecule has 0 saturated carbocycles. The predicted octanol–water partition coefficient (Wildman–Crippen LogP) is 5.52. The molecule has 0 fully saturated rings. The lowest BCUT2D eigenvalue weighted by atomic mass is 10.1. The molecule has 0 aromatic heterocycles. The van der Waals surface area contributed by atoms with Crippen molar-refractivity contribution in [2.24, 2.45) is 0 Å². The van der Waals surface area contributed by atoms with E-state index in [1.807, 2.05) is 12.1 Å². The van der Waals surface area contributed by atoms with Gasteiger partial charge in [0.25, 0.3) is 5.91 Å². The molecule has 0 radical (unpaired) electrons. The monoisotopic (exact) mass is 453 g/mol. The van der Waals surface area contributed by atoms with Crippen molar-refractivity contribution in [1.82, 2.24) is 4.90 Å². The van der Waals surface area contributed by atoms with E-state index in [0.29, 0.717) is 27.2 Å². The molecule has 2 aromatic rings. The Morgan fingerprint density at radius 2 is 1.76 bits per heavy atom. The molecule has 110 valence electrons. The highest BCUT2D eigenvalue weighted by atomic mass is 127. The molecule has 0 aliphatic rings. The Morgan fingerprint density at radius 3 is 2.38 bits per heavy atom. The first kappa shape index (κ1) is 16.9. The molecular formula is C15H11Cl3INO. The fourth-order valence-corrected chi connectivity index (χ4v) is 2.67. The molecule has 2 nitrogen and oxygen atoms in total. The Hall–Kier alpha value is -0.490. The molecule has 0 N–H and O–H groups in total. The van der Waals surface area contributed by atoms with Gasteiger partial charge in [-0.3, -0.25) is 4.79 Å². The van der Waals surface area contributed by atoms with Crippen LogP contribution in [0, 0.1) is 3.57 Å². The van der Waals surface area contributed by atoms with Gasteiger partial charge in [0, 0.05) is 22.7 Å². The van der Waals surface area contributed by atoms with E-state index in [1.165, 1.54) is 0 Å². The zero-order chi connectivity index (χ0) is 15.6. The summed E-state index contributed by atoms with van der Waals surface area (Å²) in [6, 6.07) is 10.6.